The van der Waals surface area contributed by atoms with E-state index >= 15 is 0 Å². The number of likely N-dealkylation sites (tertiary alicyclic amines) is 1. The summed E-state index contributed by atoms with van der Waals surface area (Å²) in [5, 5.41) is 0. The zero-order valence-corrected chi connectivity index (χ0v) is 11.3. The summed E-state index contributed by atoms with van der Waals surface area (Å²) in [6.07, 6.45) is 1.71. The van der Waals surface area contributed by atoms with Gasteiger partial charge in [0, 0.05) is 19.9 Å². The maximum atomic E-state index is 12.5. The lowest BCUT2D eigenvalue weighted by atomic mass is 10.0. The molecule has 0 bridgehead atoms. The van der Waals surface area contributed by atoms with Gasteiger partial charge in [-0.15, -0.1) is 0 Å². The Bertz CT molecular complexity index is 491. The van der Waals surface area contributed by atoms with E-state index in [1.54, 1.807) is 18.7 Å². The molecule has 0 aromatic carbocycles. The Morgan fingerprint density at radius 2 is 2.05 bits per heavy atom. The topological polar surface area (TPSA) is 64.8 Å². The van der Waals surface area contributed by atoms with E-state index in [-0.39, 0.29) is 5.91 Å². The number of hydrogen-bond acceptors (Lipinski definition) is 5. The summed E-state index contributed by atoms with van der Waals surface area (Å²) >= 11 is 0. The molecular formula is C13H18N2O4. The monoisotopic (exact) mass is 266 g/mol. The predicted octanol–water partition coefficient (Wildman–Crippen LogP) is 1.27. The van der Waals surface area contributed by atoms with E-state index in [0.717, 1.165) is 12.8 Å². The molecule has 0 atom stereocenters. The molecule has 2 fully saturated rings. The van der Waals surface area contributed by atoms with Gasteiger partial charge in [0.25, 0.3) is 5.91 Å². The van der Waals surface area contributed by atoms with Gasteiger partial charge in [-0.2, -0.15) is 0 Å². The molecule has 1 aromatic rings. The van der Waals surface area contributed by atoms with E-state index in [1.165, 1.54) is 0 Å². The maximum absolute atomic E-state index is 12.5. The Kier molecular flexibility index (Phi) is 3.06. The molecule has 104 valence electrons. The maximum Gasteiger partial charge on any atom is 0.291 e. The van der Waals surface area contributed by atoms with Gasteiger partial charge in [0.05, 0.1) is 25.5 Å². The molecule has 1 aromatic heterocycles. The lowest BCUT2D eigenvalue weighted by molar-refractivity contribution is -0.183. The van der Waals surface area contributed by atoms with Crippen LogP contribution in [0.5, 0.6) is 0 Å². The fourth-order valence-electron chi connectivity index (χ4n) is 2.77. The summed E-state index contributed by atoms with van der Waals surface area (Å²) in [4.78, 5) is 18.3. The Morgan fingerprint density at radius 1 is 1.32 bits per heavy atom. The number of aryl methyl sites for hydroxylation is 2. The third-order valence-electron chi connectivity index (χ3n) is 3.62. The minimum absolute atomic E-state index is 0.128. The molecule has 1 amide bonds. The molecule has 0 aliphatic carbocycles. The first-order chi connectivity index (χ1) is 9.10. The van der Waals surface area contributed by atoms with E-state index < -0.39 is 5.79 Å². The van der Waals surface area contributed by atoms with Crippen LogP contribution in [0, 0.1) is 13.8 Å². The van der Waals surface area contributed by atoms with Crippen LogP contribution in [-0.2, 0) is 9.47 Å². The average molecular weight is 266 g/mol. The number of ether oxygens (including phenoxy) is 2. The highest BCUT2D eigenvalue weighted by atomic mass is 16.7. The van der Waals surface area contributed by atoms with Crippen molar-refractivity contribution in [3.05, 3.63) is 17.3 Å². The van der Waals surface area contributed by atoms with E-state index in [9.17, 15) is 4.79 Å². The van der Waals surface area contributed by atoms with Gasteiger partial charge in [-0.25, -0.2) is 4.98 Å². The minimum Gasteiger partial charge on any atom is -0.436 e. The normalized spacial score (nSPS) is 22.1. The van der Waals surface area contributed by atoms with Gasteiger partial charge >= 0.3 is 0 Å². The van der Waals surface area contributed by atoms with Gasteiger partial charge in [-0.1, -0.05) is 0 Å². The highest BCUT2D eigenvalue weighted by molar-refractivity contribution is 5.92. The number of rotatable bonds is 1. The number of aromatic nitrogens is 1. The van der Waals surface area contributed by atoms with Crippen LogP contribution in [0.3, 0.4) is 0 Å². The summed E-state index contributed by atoms with van der Waals surface area (Å²) in [5.41, 5.74) is 0.635. The summed E-state index contributed by atoms with van der Waals surface area (Å²) < 4.78 is 16.7. The van der Waals surface area contributed by atoms with Crippen molar-refractivity contribution in [2.24, 2.45) is 0 Å². The van der Waals surface area contributed by atoms with Crippen LogP contribution in [0.2, 0.25) is 0 Å². The number of carbonyl (C=O) groups excluding carboxylic acids is 1. The summed E-state index contributed by atoms with van der Waals surface area (Å²) in [7, 11) is 0. The first kappa shape index (κ1) is 12.6. The molecule has 1 spiro atoms. The summed E-state index contributed by atoms with van der Waals surface area (Å²) in [5.74, 6) is 0.112. The van der Waals surface area contributed by atoms with E-state index in [0.29, 0.717) is 43.6 Å². The largest absolute Gasteiger partial charge is 0.436 e. The second-order valence-electron chi connectivity index (χ2n) is 5.09. The van der Waals surface area contributed by atoms with Crippen molar-refractivity contribution < 1.29 is 18.7 Å². The highest BCUT2D eigenvalue weighted by Crippen LogP contribution is 2.31. The molecule has 0 radical (unpaired) electrons. The quantitative estimate of drug-likeness (QED) is 0.766. The fourth-order valence-corrected chi connectivity index (χ4v) is 2.77. The van der Waals surface area contributed by atoms with Crippen molar-refractivity contribution in [3.8, 4) is 0 Å². The molecule has 6 nitrogen and oxygen atoms in total. The van der Waals surface area contributed by atoms with Crippen molar-refractivity contribution in [1.82, 2.24) is 9.88 Å². The average Bonchev–Trinajstić information content (AvgIpc) is 2.96. The molecular weight excluding hydrogens is 248 g/mol. The molecule has 6 heteroatoms. The van der Waals surface area contributed by atoms with Crippen molar-refractivity contribution in [2.75, 3.05) is 26.3 Å². The Labute approximate surface area is 111 Å². The highest BCUT2D eigenvalue weighted by Gasteiger charge is 2.42. The van der Waals surface area contributed by atoms with Gasteiger partial charge in [0.2, 0.25) is 5.76 Å². The molecule has 0 N–H and O–H groups in total. The van der Waals surface area contributed by atoms with Crippen LogP contribution in [0.25, 0.3) is 0 Å². The van der Waals surface area contributed by atoms with E-state index in [4.69, 9.17) is 13.9 Å². The van der Waals surface area contributed by atoms with Crippen LogP contribution in [0.15, 0.2) is 4.42 Å². The number of oxazole rings is 1. The Hall–Kier alpha value is -1.40. The van der Waals surface area contributed by atoms with E-state index in [1.807, 2.05) is 0 Å². The number of carbonyl (C=O) groups is 1. The van der Waals surface area contributed by atoms with Crippen molar-refractivity contribution in [3.63, 3.8) is 0 Å². The molecule has 2 saturated heterocycles. The van der Waals surface area contributed by atoms with Crippen LogP contribution in [0.1, 0.15) is 35.0 Å². The first-order valence-electron chi connectivity index (χ1n) is 6.61. The van der Waals surface area contributed by atoms with Crippen LogP contribution in [-0.4, -0.2) is 47.9 Å². The molecule has 3 rings (SSSR count). The lowest BCUT2D eigenvalue weighted by Gasteiger charge is -2.38. The molecule has 3 heterocycles. The number of nitrogens with zero attached hydrogens (tertiary/aromatic N) is 2. The van der Waals surface area contributed by atoms with Crippen LogP contribution >= 0.6 is 0 Å². The second kappa shape index (κ2) is 4.61. The molecule has 0 saturated carbocycles. The van der Waals surface area contributed by atoms with Gasteiger partial charge in [0.1, 0.15) is 0 Å². The number of hydrogen-bond donors (Lipinski definition) is 0. The van der Waals surface area contributed by atoms with Gasteiger partial charge in [-0.3, -0.25) is 4.79 Å². The Balaban J connectivity index is 1.78. The molecule has 2 aliphatic rings. The smallest absolute Gasteiger partial charge is 0.291 e. The number of amides is 1. The van der Waals surface area contributed by atoms with Crippen molar-refractivity contribution in [2.45, 2.75) is 32.5 Å². The minimum atomic E-state index is -0.600. The molecule has 0 unspecified atom stereocenters. The first-order valence-corrected chi connectivity index (χ1v) is 6.61. The predicted molar refractivity (Wildman–Crippen MR) is 65.7 cm³/mol. The fraction of sp³-hybridized carbons (Fsp3) is 0.692. The van der Waals surface area contributed by atoms with Gasteiger partial charge < -0.3 is 18.8 Å². The van der Waals surface area contributed by atoms with Crippen LogP contribution < -0.4 is 0 Å². The standard InChI is InChI=1S/C13H18N2O4/c1-9-11(19-10(2)14-9)12(16)15-5-3-4-13(8-15)17-6-7-18-13/h3-8H2,1-2H3. The Morgan fingerprint density at radius 3 is 2.68 bits per heavy atom. The summed E-state index contributed by atoms with van der Waals surface area (Å²) in [6.45, 7) is 5.89. The van der Waals surface area contributed by atoms with E-state index in [2.05, 4.69) is 4.98 Å². The molecule has 19 heavy (non-hydrogen) atoms. The lowest BCUT2D eigenvalue weighted by Crippen LogP contribution is -2.51. The van der Waals surface area contributed by atoms with Crippen LogP contribution in [0.4, 0.5) is 0 Å². The van der Waals surface area contributed by atoms with Crippen molar-refractivity contribution >= 4 is 5.91 Å². The van der Waals surface area contributed by atoms with Gasteiger partial charge in [0.15, 0.2) is 11.7 Å². The third kappa shape index (κ3) is 2.26. The number of piperidine rings is 1. The summed E-state index contributed by atoms with van der Waals surface area (Å²) in [6, 6.07) is 0. The van der Waals surface area contributed by atoms with Crippen molar-refractivity contribution in [1.29, 1.82) is 0 Å². The SMILES string of the molecule is Cc1nc(C)c(C(=O)N2CCCC3(C2)OCCO3)o1. The zero-order chi connectivity index (χ0) is 13.5. The van der Waals surface area contributed by atoms with Gasteiger partial charge in [-0.05, 0) is 13.3 Å². The second-order valence-corrected chi connectivity index (χ2v) is 5.09. The zero-order valence-electron chi connectivity index (χ0n) is 11.3. The molecule has 2 aliphatic heterocycles. The third-order valence-corrected chi connectivity index (χ3v) is 3.62.